The molecule has 3 rings (SSSR count). The van der Waals surface area contributed by atoms with Crippen LogP contribution in [0.15, 0.2) is 47.5 Å². The summed E-state index contributed by atoms with van der Waals surface area (Å²) in [6.45, 7) is 2.34. The molecule has 6 heteroatoms. The molecule has 1 saturated heterocycles. The molecule has 0 saturated carbocycles. The van der Waals surface area contributed by atoms with Crippen LogP contribution < -0.4 is 10.2 Å². The number of rotatable bonds is 4. The minimum Gasteiger partial charge on any atom is -0.312 e. The van der Waals surface area contributed by atoms with E-state index < -0.39 is 0 Å². The largest absolute Gasteiger partial charge is 0.312 e. The Balaban J connectivity index is 1.67. The van der Waals surface area contributed by atoms with Gasteiger partial charge in [0.2, 0.25) is 11.8 Å². The van der Waals surface area contributed by atoms with Gasteiger partial charge in [-0.05, 0) is 49.1 Å². The summed E-state index contributed by atoms with van der Waals surface area (Å²) in [6.07, 6.45) is 3.94. The van der Waals surface area contributed by atoms with Crippen LogP contribution in [0.2, 0.25) is 0 Å². The summed E-state index contributed by atoms with van der Waals surface area (Å²) in [5.74, 6) is -0.0338. The molecule has 0 aliphatic carbocycles. The van der Waals surface area contributed by atoms with Crippen LogP contribution in [-0.2, 0) is 9.59 Å². The fourth-order valence-electron chi connectivity index (χ4n) is 2.66. The molecule has 1 unspecified atom stereocenters. The van der Waals surface area contributed by atoms with Crippen LogP contribution in [0.1, 0.15) is 12.0 Å². The van der Waals surface area contributed by atoms with Gasteiger partial charge in [-0.15, -0.1) is 11.8 Å². The molecule has 2 aromatic rings. The molecule has 2 heterocycles. The van der Waals surface area contributed by atoms with Crippen molar-refractivity contribution in [2.75, 3.05) is 23.0 Å². The van der Waals surface area contributed by atoms with Crippen molar-refractivity contribution in [3.63, 3.8) is 0 Å². The number of hydrogen-bond donors (Lipinski definition) is 1. The molecule has 1 aliphatic heterocycles. The van der Waals surface area contributed by atoms with Gasteiger partial charge in [0.05, 0.1) is 5.92 Å². The Labute approximate surface area is 145 Å². The third kappa shape index (κ3) is 3.59. The smallest absolute Gasteiger partial charge is 0.230 e. The number of hydrogen-bond acceptors (Lipinski definition) is 4. The lowest BCUT2D eigenvalue weighted by Crippen LogP contribution is -2.28. The molecule has 2 amide bonds. The predicted molar refractivity (Wildman–Crippen MR) is 96.3 cm³/mol. The average Bonchev–Trinajstić information content (AvgIpc) is 2.99. The number of nitrogens with zero attached hydrogens (tertiary/aromatic N) is 2. The Hall–Kier alpha value is -2.34. The maximum absolute atomic E-state index is 12.4. The molecule has 1 atom stereocenters. The molecule has 24 heavy (non-hydrogen) atoms. The highest BCUT2D eigenvalue weighted by atomic mass is 32.2. The Morgan fingerprint density at radius 1 is 1.25 bits per heavy atom. The highest BCUT2D eigenvalue weighted by Crippen LogP contribution is 2.27. The van der Waals surface area contributed by atoms with Gasteiger partial charge in [-0.3, -0.25) is 9.59 Å². The van der Waals surface area contributed by atoms with Gasteiger partial charge in [-0.2, -0.15) is 0 Å². The van der Waals surface area contributed by atoms with Crippen molar-refractivity contribution in [1.29, 1.82) is 0 Å². The summed E-state index contributed by atoms with van der Waals surface area (Å²) in [5.41, 5.74) is 1.87. The van der Waals surface area contributed by atoms with Crippen LogP contribution in [0.25, 0.3) is 0 Å². The monoisotopic (exact) mass is 341 g/mol. The fraction of sp³-hybridized carbons (Fsp3) is 0.278. The van der Waals surface area contributed by atoms with Crippen molar-refractivity contribution < 1.29 is 9.59 Å². The van der Waals surface area contributed by atoms with Crippen LogP contribution in [0.3, 0.4) is 0 Å². The first-order valence-corrected chi connectivity index (χ1v) is 8.97. The van der Waals surface area contributed by atoms with E-state index in [-0.39, 0.29) is 24.2 Å². The van der Waals surface area contributed by atoms with Gasteiger partial charge in [0.1, 0.15) is 5.82 Å². The summed E-state index contributed by atoms with van der Waals surface area (Å²) in [7, 11) is 0. The third-order valence-electron chi connectivity index (χ3n) is 4.04. The maximum atomic E-state index is 12.4. The van der Waals surface area contributed by atoms with Crippen LogP contribution in [-0.4, -0.2) is 29.6 Å². The van der Waals surface area contributed by atoms with Crippen molar-refractivity contribution in [3.8, 4) is 0 Å². The number of thioether (sulfide) groups is 1. The van der Waals surface area contributed by atoms with Crippen molar-refractivity contribution in [1.82, 2.24) is 4.98 Å². The van der Waals surface area contributed by atoms with Gasteiger partial charge < -0.3 is 10.2 Å². The van der Waals surface area contributed by atoms with Gasteiger partial charge in [-0.1, -0.05) is 6.07 Å². The van der Waals surface area contributed by atoms with Crippen molar-refractivity contribution in [2.24, 2.45) is 5.92 Å². The molecule has 0 radical (unpaired) electrons. The summed E-state index contributed by atoms with van der Waals surface area (Å²) in [6, 6.07) is 11.5. The number of anilines is 2. The second kappa shape index (κ2) is 7.05. The predicted octanol–water partition coefficient (Wildman–Crippen LogP) is 3.10. The Morgan fingerprint density at radius 3 is 2.62 bits per heavy atom. The summed E-state index contributed by atoms with van der Waals surface area (Å²) in [4.78, 5) is 31.6. The van der Waals surface area contributed by atoms with Gasteiger partial charge >= 0.3 is 0 Å². The van der Waals surface area contributed by atoms with E-state index >= 15 is 0 Å². The van der Waals surface area contributed by atoms with Crippen LogP contribution >= 0.6 is 11.8 Å². The summed E-state index contributed by atoms with van der Waals surface area (Å²) >= 11 is 1.65. The molecule has 0 spiro atoms. The second-order valence-corrected chi connectivity index (χ2v) is 6.69. The first-order chi connectivity index (χ1) is 11.6. The number of nitrogens with one attached hydrogen (secondary N) is 1. The van der Waals surface area contributed by atoms with E-state index in [9.17, 15) is 9.59 Å². The normalized spacial score (nSPS) is 17.2. The molecule has 124 valence electrons. The zero-order chi connectivity index (χ0) is 17.1. The number of amides is 2. The van der Waals surface area contributed by atoms with E-state index in [4.69, 9.17) is 0 Å². The lowest BCUT2D eigenvalue weighted by molar-refractivity contribution is -0.122. The van der Waals surface area contributed by atoms with E-state index in [1.54, 1.807) is 28.9 Å². The number of carbonyl (C=O) groups is 2. The molecule has 1 fully saturated rings. The van der Waals surface area contributed by atoms with E-state index in [2.05, 4.69) is 10.3 Å². The van der Waals surface area contributed by atoms with Crippen molar-refractivity contribution in [2.45, 2.75) is 18.2 Å². The molecule has 1 aromatic carbocycles. The zero-order valence-electron chi connectivity index (χ0n) is 13.7. The molecule has 0 bridgehead atoms. The number of pyridine rings is 1. The molecular formula is C18H19N3O2S. The van der Waals surface area contributed by atoms with E-state index in [1.807, 2.05) is 43.5 Å². The maximum Gasteiger partial charge on any atom is 0.230 e. The molecule has 5 nitrogen and oxygen atoms in total. The number of aromatic nitrogens is 1. The van der Waals surface area contributed by atoms with Crippen LogP contribution in [0.5, 0.6) is 0 Å². The van der Waals surface area contributed by atoms with E-state index in [0.717, 1.165) is 16.1 Å². The highest BCUT2D eigenvalue weighted by Gasteiger charge is 2.35. The Morgan fingerprint density at radius 2 is 2.00 bits per heavy atom. The standard InChI is InChI=1S/C18H19N3O2S/c1-12-3-8-16(19-10-12)20-18(23)13-9-17(22)21(11-13)14-4-6-15(24-2)7-5-14/h3-8,10,13H,9,11H2,1-2H3,(H,19,20,23). The number of benzene rings is 1. The average molecular weight is 341 g/mol. The van der Waals surface area contributed by atoms with Crippen LogP contribution in [0, 0.1) is 12.8 Å². The first kappa shape index (κ1) is 16.5. The van der Waals surface area contributed by atoms with E-state index in [1.165, 1.54) is 0 Å². The molecule has 1 aromatic heterocycles. The molecular weight excluding hydrogens is 322 g/mol. The van der Waals surface area contributed by atoms with Gasteiger partial charge in [-0.25, -0.2) is 4.98 Å². The summed E-state index contributed by atoms with van der Waals surface area (Å²) in [5, 5.41) is 2.79. The minimum atomic E-state index is -0.360. The topological polar surface area (TPSA) is 62.3 Å². The first-order valence-electron chi connectivity index (χ1n) is 7.75. The third-order valence-corrected chi connectivity index (χ3v) is 4.79. The number of aryl methyl sites for hydroxylation is 1. The zero-order valence-corrected chi connectivity index (χ0v) is 14.5. The number of carbonyl (C=O) groups excluding carboxylic acids is 2. The van der Waals surface area contributed by atoms with Gasteiger partial charge in [0.15, 0.2) is 0 Å². The van der Waals surface area contributed by atoms with Crippen molar-refractivity contribution >= 4 is 35.1 Å². The quantitative estimate of drug-likeness (QED) is 0.868. The highest BCUT2D eigenvalue weighted by molar-refractivity contribution is 7.98. The van der Waals surface area contributed by atoms with E-state index in [0.29, 0.717) is 12.4 Å². The lowest BCUT2D eigenvalue weighted by atomic mass is 10.1. The van der Waals surface area contributed by atoms with Gasteiger partial charge in [0.25, 0.3) is 0 Å². The second-order valence-electron chi connectivity index (χ2n) is 5.81. The Kier molecular flexibility index (Phi) is 4.85. The van der Waals surface area contributed by atoms with Crippen LogP contribution in [0.4, 0.5) is 11.5 Å². The molecule has 1 aliphatic rings. The molecule has 1 N–H and O–H groups in total. The van der Waals surface area contributed by atoms with Gasteiger partial charge in [0, 0.05) is 29.7 Å². The Bertz CT molecular complexity index is 744. The summed E-state index contributed by atoms with van der Waals surface area (Å²) < 4.78 is 0. The SMILES string of the molecule is CSc1ccc(N2CC(C(=O)Nc3ccc(C)cn3)CC2=O)cc1. The lowest BCUT2D eigenvalue weighted by Gasteiger charge is -2.17. The fourth-order valence-corrected chi connectivity index (χ4v) is 3.07. The van der Waals surface area contributed by atoms with Crippen molar-refractivity contribution in [3.05, 3.63) is 48.2 Å². The minimum absolute atomic E-state index is 0.0242.